The highest BCUT2D eigenvalue weighted by atomic mass is 79.9. The molecule has 98 valence electrons. The summed E-state index contributed by atoms with van der Waals surface area (Å²) in [5.41, 5.74) is 9.91. The molecule has 0 saturated carbocycles. The SMILES string of the molecule is CC1(C)CCC(C)(C)c2c1cc(C=O)c(N)c2Br. The van der Waals surface area contributed by atoms with Crippen molar-refractivity contribution in [2.45, 2.75) is 51.4 Å². The Balaban J connectivity index is 2.84. The number of carbonyl (C=O) groups excluding carboxylic acids is 1. The fourth-order valence-electron chi connectivity index (χ4n) is 2.86. The van der Waals surface area contributed by atoms with Crippen molar-refractivity contribution in [3.05, 3.63) is 27.2 Å². The lowest BCUT2D eigenvalue weighted by Crippen LogP contribution is -2.34. The molecule has 18 heavy (non-hydrogen) atoms. The number of nitrogens with two attached hydrogens (primary N) is 1. The van der Waals surface area contributed by atoms with Gasteiger partial charge >= 0.3 is 0 Å². The minimum absolute atomic E-state index is 0.0961. The van der Waals surface area contributed by atoms with Gasteiger partial charge in [-0.15, -0.1) is 0 Å². The van der Waals surface area contributed by atoms with Crippen molar-refractivity contribution in [2.75, 3.05) is 5.73 Å². The smallest absolute Gasteiger partial charge is 0.152 e. The molecule has 0 bridgehead atoms. The van der Waals surface area contributed by atoms with Gasteiger partial charge in [-0.25, -0.2) is 0 Å². The Kier molecular flexibility index (Phi) is 3.09. The maximum Gasteiger partial charge on any atom is 0.152 e. The molecule has 0 unspecified atom stereocenters. The van der Waals surface area contributed by atoms with E-state index in [4.69, 9.17) is 5.73 Å². The van der Waals surface area contributed by atoms with Crippen LogP contribution < -0.4 is 5.73 Å². The first kappa shape index (κ1) is 13.6. The summed E-state index contributed by atoms with van der Waals surface area (Å²) < 4.78 is 0.903. The summed E-state index contributed by atoms with van der Waals surface area (Å²) in [6.45, 7) is 8.95. The lowest BCUT2D eigenvalue weighted by molar-refractivity contribution is 0.112. The third-order valence-electron chi connectivity index (χ3n) is 4.24. The fourth-order valence-corrected chi connectivity index (χ4v) is 3.84. The Labute approximate surface area is 117 Å². The van der Waals surface area contributed by atoms with E-state index in [-0.39, 0.29) is 10.8 Å². The zero-order chi connectivity index (χ0) is 13.7. The number of carbonyl (C=O) groups is 1. The molecule has 1 aliphatic rings. The lowest BCUT2D eigenvalue weighted by Gasteiger charge is -2.43. The fraction of sp³-hybridized carbons (Fsp3) is 0.533. The van der Waals surface area contributed by atoms with Gasteiger partial charge in [-0.05, 0) is 56.8 Å². The molecular weight excluding hydrogens is 290 g/mol. The molecule has 0 fully saturated rings. The van der Waals surface area contributed by atoms with E-state index >= 15 is 0 Å². The number of anilines is 1. The summed E-state index contributed by atoms with van der Waals surface area (Å²) >= 11 is 3.60. The number of aldehydes is 1. The van der Waals surface area contributed by atoms with Crippen LogP contribution in [0.5, 0.6) is 0 Å². The highest BCUT2D eigenvalue weighted by Crippen LogP contribution is 2.50. The van der Waals surface area contributed by atoms with Crippen LogP contribution in [0, 0.1) is 0 Å². The van der Waals surface area contributed by atoms with Crippen LogP contribution in [0.2, 0.25) is 0 Å². The molecule has 2 N–H and O–H groups in total. The molecule has 2 nitrogen and oxygen atoms in total. The summed E-state index contributed by atoms with van der Waals surface area (Å²) in [6.07, 6.45) is 3.10. The van der Waals surface area contributed by atoms with E-state index in [9.17, 15) is 4.79 Å². The molecule has 0 heterocycles. The van der Waals surface area contributed by atoms with Crippen LogP contribution in [-0.2, 0) is 10.8 Å². The predicted molar refractivity (Wildman–Crippen MR) is 79.2 cm³/mol. The monoisotopic (exact) mass is 309 g/mol. The minimum Gasteiger partial charge on any atom is -0.397 e. The van der Waals surface area contributed by atoms with Crippen LogP contribution >= 0.6 is 15.9 Å². The van der Waals surface area contributed by atoms with E-state index in [1.54, 1.807) is 0 Å². The van der Waals surface area contributed by atoms with Gasteiger partial charge in [0.15, 0.2) is 6.29 Å². The van der Waals surface area contributed by atoms with Crippen LogP contribution in [0.25, 0.3) is 0 Å². The molecule has 2 rings (SSSR count). The van der Waals surface area contributed by atoms with Crippen molar-refractivity contribution >= 4 is 27.9 Å². The first-order chi connectivity index (χ1) is 8.20. The first-order valence-electron chi connectivity index (χ1n) is 6.29. The van der Waals surface area contributed by atoms with Gasteiger partial charge in [0.1, 0.15) is 0 Å². The number of benzene rings is 1. The third kappa shape index (κ3) is 1.89. The van der Waals surface area contributed by atoms with Crippen LogP contribution in [0.3, 0.4) is 0 Å². The molecule has 3 heteroatoms. The van der Waals surface area contributed by atoms with Gasteiger partial charge in [0.2, 0.25) is 0 Å². The number of hydrogen-bond donors (Lipinski definition) is 1. The number of halogens is 1. The van der Waals surface area contributed by atoms with Crippen molar-refractivity contribution < 1.29 is 4.79 Å². The second kappa shape index (κ2) is 4.09. The molecule has 0 radical (unpaired) electrons. The van der Waals surface area contributed by atoms with E-state index in [0.29, 0.717) is 11.3 Å². The maximum absolute atomic E-state index is 11.1. The molecular formula is C15H20BrNO. The van der Waals surface area contributed by atoms with Gasteiger partial charge < -0.3 is 5.73 Å². The van der Waals surface area contributed by atoms with Crippen LogP contribution in [0.1, 0.15) is 62.0 Å². The molecule has 1 aromatic rings. The van der Waals surface area contributed by atoms with E-state index in [1.807, 2.05) is 6.07 Å². The van der Waals surface area contributed by atoms with Crippen molar-refractivity contribution in [1.82, 2.24) is 0 Å². The van der Waals surface area contributed by atoms with Gasteiger partial charge in [-0.3, -0.25) is 4.79 Å². The highest BCUT2D eigenvalue weighted by Gasteiger charge is 2.39. The zero-order valence-corrected chi connectivity index (χ0v) is 13.0. The van der Waals surface area contributed by atoms with Crippen molar-refractivity contribution in [2.24, 2.45) is 0 Å². The van der Waals surface area contributed by atoms with Gasteiger partial charge in [0.25, 0.3) is 0 Å². The Morgan fingerprint density at radius 1 is 1.22 bits per heavy atom. The molecule has 1 aliphatic carbocycles. The van der Waals surface area contributed by atoms with Gasteiger partial charge in [-0.2, -0.15) is 0 Å². The average molecular weight is 310 g/mol. The molecule has 0 atom stereocenters. The van der Waals surface area contributed by atoms with Crippen LogP contribution in [0.4, 0.5) is 5.69 Å². The first-order valence-corrected chi connectivity index (χ1v) is 7.08. The Morgan fingerprint density at radius 2 is 1.78 bits per heavy atom. The van der Waals surface area contributed by atoms with E-state index in [1.165, 1.54) is 11.1 Å². The third-order valence-corrected chi connectivity index (χ3v) is 5.07. The Bertz CT molecular complexity index is 518. The Hall–Kier alpha value is -0.830. The predicted octanol–water partition coefficient (Wildman–Crippen LogP) is 4.19. The van der Waals surface area contributed by atoms with E-state index < -0.39 is 0 Å². The molecule has 0 saturated heterocycles. The second-order valence-corrected chi connectivity index (χ2v) is 7.29. The zero-order valence-electron chi connectivity index (χ0n) is 11.4. The molecule has 0 spiro atoms. The number of fused-ring (bicyclic) bond motifs is 1. The largest absolute Gasteiger partial charge is 0.397 e. The summed E-state index contributed by atoms with van der Waals surface area (Å²) in [6, 6.07) is 1.98. The van der Waals surface area contributed by atoms with Crippen molar-refractivity contribution in [3.8, 4) is 0 Å². The summed E-state index contributed by atoms with van der Waals surface area (Å²) in [5, 5.41) is 0. The van der Waals surface area contributed by atoms with Gasteiger partial charge in [0, 0.05) is 10.0 Å². The van der Waals surface area contributed by atoms with E-state index in [0.717, 1.165) is 23.6 Å². The normalized spacial score (nSPS) is 20.3. The van der Waals surface area contributed by atoms with Crippen molar-refractivity contribution in [1.29, 1.82) is 0 Å². The number of nitrogen functional groups attached to an aromatic ring is 1. The highest BCUT2D eigenvalue weighted by molar-refractivity contribution is 9.10. The molecule has 1 aromatic carbocycles. The topological polar surface area (TPSA) is 43.1 Å². The van der Waals surface area contributed by atoms with Crippen molar-refractivity contribution in [3.63, 3.8) is 0 Å². The summed E-state index contributed by atoms with van der Waals surface area (Å²) in [5.74, 6) is 0. The number of hydrogen-bond acceptors (Lipinski definition) is 2. The van der Waals surface area contributed by atoms with Crippen LogP contribution in [-0.4, -0.2) is 6.29 Å². The van der Waals surface area contributed by atoms with Gasteiger partial charge in [0.05, 0.1) is 5.69 Å². The molecule has 0 aliphatic heterocycles. The molecule has 0 aromatic heterocycles. The quantitative estimate of drug-likeness (QED) is 0.624. The standard InChI is InChI=1S/C15H20BrNO/c1-14(2)5-6-15(3,4)11-10(14)7-9(8-18)13(17)12(11)16/h7-8H,5-6,17H2,1-4H3. The summed E-state index contributed by atoms with van der Waals surface area (Å²) in [4.78, 5) is 11.1. The second-order valence-electron chi connectivity index (χ2n) is 6.50. The van der Waals surface area contributed by atoms with Crippen LogP contribution in [0.15, 0.2) is 10.5 Å². The maximum atomic E-state index is 11.1. The number of rotatable bonds is 1. The lowest BCUT2D eigenvalue weighted by atomic mass is 9.63. The average Bonchev–Trinajstić information content (AvgIpc) is 2.28. The Morgan fingerprint density at radius 3 is 2.33 bits per heavy atom. The minimum atomic E-state index is 0.0961. The summed E-state index contributed by atoms with van der Waals surface area (Å²) in [7, 11) is 0. The molecule has 0 amide bonds. The van der Waals surface area contributed by atoms with Gasteiger partial charge in [-0.1, -0.05) is 27.7 Å². The van der Waals surface area contributed by atoms with E-state index in [2.05, 4.69) is 43.6 Å².